The molecule has 0 unspecified atom stereocenters. The molecule has 0 aliphatic carbocycles. The van der Waals surface area contributed by atoms with Crippen molar-refractivity contribution in [2.24, 2.45) is 23.5 Å². The molecular formula is C47H73NO17. The summed E-state index contributed by atoms with van der Waals surface area (Å²) < 4.78 is 23.1. The molecule has 19 atom stereocenters. The summed E-state index contributed by atoms with van der Waals surface area (Å²) in [4.78, 5) is 25.1. The third-order valence-electron chi connectivity index (χ3n) is 12.0. The van der Waals surface area contributed by atoms with Gasteiger partial charge in [-0.25, -0.2) is 0 Å². The molecular weight excluding hydrogens is 851 g/mol. The van der Waals surface area contributed by atoms with Gasteiger partial charge in [0.05, 0.1) is 79.6 Å². The molecule has 2 bridgehead atoms. The van der Waals surface area contributed by atoms with Crippen molar-refractivity contribution < 1.29 is 84.7 Å². The number of cyclic esters (lactones) is 1. The number of carbonyl (C=O) groups is 2. The number of ether oxygens (including phenoxy) is 4. The highest BCUT2D eigenvalue weighted by molar-refractivity contribution is 5.71. The molecule has 368 valence electrons. The molecule has 0 amide bonds. The average molecular weight is 924 g/mol. The van der Waals surface area contributed by atoms with E-state index >= 15 is 0 Å². The lowest BCUT2D eigenvalue weighted by Crippen LogP contribution is -2.61. The third kappa shape index (κ3) is 18.6. The molecule has 65 heavy (non-hydrogen) atoms. The standard InChI is InChI=1S/C47H73NO17/c1-27-17-15-13-11-9-7-5-6-8-10-12-14-16-18-34(64-46-44(58)41(48)43(57)30(4)63-46)24-38-40(45(59)60)37(54)26-47(61,65-38)25-33(51)22-36(53)35(52)20-19-31(49)21-32(50)23-39(55)62-29(3)28(2)42(27)56/h5-18,27-38,40-44,46,49-54,56-58,61H,19-26,48H2,1-4H3,(H,59,60)/b6-5+,9-7-,10-8+,13-11-,14-12+,17-15-,18-16+/t27-,28+,29-,30-,31+,32+,33-,34+,35-,36+,37+,38-,40+,41+,42-,43+,44+,46+,47+/m1/s1. The summed E-state index contributed by atoms with van der Waals surface area (Å²) in [5.74, 6) is -6.83. The van der Waals surface area contributed by atoms with Crippen LogP contribution in [-0.2, 0) is 28.5 Å². The summed E-state index contributed by atoms with van der Waals surface area (Å²) in [7, 11) is 0. The number of carboxylic acid groups (broad SMARTS) is 1. The second kappa shape index (κ2) is 27.4. The van der Waals surface area contributed by atoms with Gasteiger partial charge in [-0.2, -0.15) is 0 Å². The highest BCUT2D eigenvalue weighted by atomic mass is 16.7. The molecule has 0 aromatic heterocycles. The Labute approximate surface area is 381 Å². The van der Waals surface area contributed by atoms with Crippen molar-refractivity contribution in [1.29, 1.82) is 0 Å². The Balaban J connectivity index is 1.86. The lowest BCUT2D eigenvalue weighted by molar-refractivity contribution is -0.308. The summed E-state index contributed by atoms with van der Waals surface area (Å²) in [6, 6.07) is -1.15. The fourth-order valence-electron chi connectivity index (χ4n) is 7.97. The summed E-state index contributed by atoms with van der Waals surface area (Å²) in [5.41, 5.74) is 6.02. The van der Waals surface area contributed by atoms with E-state index in [0.29, 0.717) is 0 Å². The maximum absolute atomic E-state index is 12.6. The molecule has 0 saturated carbocycles. The van der Waals surface area contributed by atoms with Crippen LogP contribution in [0.25, 0.3) is 0 Å². The average Bonchev–Trinajstić information content (AvgIpc) is 3.21. The summed E-state index contributed by atoms with van der Waals surface area (Å²) in [6.45, 7) is 6.74. The predicted octanol–water partition coefficient (Wildman–Crippen LogP) is 0.712. The van der Waals surface area contributed by atoms with Crippen LogP contribution < -0.4 is 5.73 Å². The first-order chi connectivity index (χ1) is 30.6. The minimum atomic E-state index is -2.33. The van der Waals surface area contributed by atoms with E-state index in [-0.39, 0.29) is 31.6 Å². The minimum Gasteiger partial charge on any atom is -0.481 e. The van der Waals surface area contributed by atoms with Gasteiger partial charge in [0.25, 0.3) is 0 Å². The second-order valence-corrected chi connectivity index (χ2v) is 17.6. The van der Waals surface area contributed by atoms with E-state index in [2.05, 4.69) is 0 Å². The van der Waals surface area contributed by atoms with Gasteiger partial charge in [0.2, 0.25) is 0 Å². The van der Waals surface area contributed by atoms with Crippen LogP contribution in [0.4, 0.5) is 0 Å². The molecule has 3 heterocycles. The van der Waals surface area contributed by atoms with Crippen molar-refractivity contribution in [2.75, 3.05) is 0 Å². The number of aliphatic carboxylic acids is 1. The molecule has 0 spiro atoms. The number of carbonyl (C=O) groups excluding carboxylic acids is 1. The predicted molar refractivity (Wildman–Crippen MR) is 237 cm³/mol. The fourth-order valence-corrected chi connectivity index (χ4v) is 7.97. The lowest BCUT2D eigenvalue weighted by Gasteiger charge is -2.45. The Hall–Kier alpha value is -3.44. The number of allylic oxidation sites excluding steroid dienone is 12. The van der Waals surface area contributed by atoms with Crippen LogP contribution in [0, 0.1) is 17.8 Å². The largest absolute Gasteiger partial charge is 0.481 e. The van der Waals surface area contributed by atoms with Crippen molar-refractivity contribution in [3.8, 4) is 0 Å². The van der Waals surface area contributed by atoms with Crippen molar-refractivity contribution in [2.45, 2.75) is 177 Å². The molecule has 0 aromatic carbocycles. The van der Waals surface area contributed by atoms with Crippen molar-refractivity contribution >= 4 is 11.9 Å². The quantitative estimate of drug-likeness (QED) is 0.174. The number of carboxylic acids is 1. The maximum atomic E-state index is 12.6. The molecule has 2 fully saturated rings. The van der Waals surface area contributed by atoms with Gasteiger partial charge < -0.3 is 80.9 Å². The number of hydrogen-bond donors (Lipinski definition) is 12. The molecule has 18 nitrogen and oxygen atoms in total. The smallest absolute Gasteiger partial charge is 0.311 e. The van der Waals surface area contributed by atoms with Gasteiger partial charge in [0, 0.05) is 37.5 Å². The minimum absolute atomic E-state index is 0.107. The molecule has 18 heteroatoms. The zero-order valence-electron chi connectivity index (χ0n) is 37.6. The van der Waals surface area contributed by atoms with Gasteiger partial charge in [0.1, 0.15) is 18.1 Å². The molecule has 13 N–H and O–H groups in total. The van der Waals surface area contributed by atoms with Crippen molar-refractivity contribution in [3.63, 3.8) is 0 Å². The van der Waals surface area contributed by atoms with Crippen molar-refractivity contribution in [3.05, 3.63) is 85.1 Å². The van der Waals surface area contributed by atoms with Gasteiger partial charge in [-0.3, -0.25) is 9.59 Å². The summed E-state index contributed by atoms with van der Waals surface area (Å²) in [5, 5.41) is 118. The first kappa shape index (κ1) is 55.9. The van der Waals surface area contributed by atoms with Gasteiger partial charge in [0.15, 0.2) is 12.1 Å². The van der Waals surface area contributed by atoms with E-state index in [4.69, 9.17) is 24.7 Å². The molecule has 0 radical (unpaired) electrons. The van der Waals surface area contributed by atoms with Gasteiger partial charge in [-0.15, -0.1) is 0 Å². The Morgan fingerprint density at radius 2 is 1.23 bits per heavy atom. The highest BCUT2D eigenvalue weighted by Gasteiger charge is 2.51. The van der Waals surface area contributed by atoms with Crippen LogP contribution in [0.3, 0.4) is 0 Å². The fraction of sp³-hybridized carbons (Fsp3) is 0.660. The van der Waals surface area contributed by atoms with Crippen LogP contribution in [0.2, 0.25) is 0 Å². The Bertz CT molecular complexity index is 1670. The highest BCUT2D eigenvalue weighted by Crippen LogP contribution is 2.38. The van der Waals surface area contributed by atoms with Gasteiger partial charge in [-0.05, 0) is 33.1 Å². The maximum Gasteiger partial charge on any atom is 0.311 e. The van der Waals surface area contributed by atoms with E-state index in [0.717, 1.165) is 0 Å². The normalized spacial score (nSPS) is 45.5. The van der Waals surface area contributed by atoms with E-state index in [1.54, 1.807) is 80.7 Å². The first-order valence-electron chi connectivity index (χ1n) is 22.3. The zero-order chi connectivity index (χ0) is 48.4. The van der Waals surface area contributed by atoms with E-state index in [9.17, 15) is 65.8 Å². The summed E-state index contributed by atoms with van der Waals surface area (Å²) in [6.07, 6.45) is 3.46. The van der Waals surface area contributed by atoms with Crippen LogP contribution in [0.15, 0.2) is 85.1 Å². The molecule has 3 rings (SSSR count). The number of fused-ring (bicyclic) bond motifs is 2. The number of esters is 1. The van der Waals surface area contributed by atoms with Crippen LogP contribution in [0.5, 0.6) is 0 Å². The number of nitrogens with two attached hydrogens (primary N) is 1. The Morgan fingerprint density at radius 3 is 1.82 bits per heavy atom. The van der Waals surface area contributed by atoms with Crippen LogP contribution >= 0.6 is 0 Å². The molecule has 3 aliphatic heterocycles. The van der Waals surface area contributed by atoms with Crippen molar-refractivity contribution in [1.82, 2.24) is 0 Å². The lowest BCUT2D eigenvalue weighted by atomic mass is 9.82. The monoisotopic (exact) mass is 923 g/mol. The van der Waals surface area contributed by atoms with E-state index in [1.165, 1.54) is 13.0 Å². The molecule has 0 aromatic rings. The number of aliphatic hydroxyl groups excluding tert-OH is 9. The second-order valence-electron chi connectivity index (χ2n) is 17.6. The number of aliphatic hydroxyl groups is 10. The van der Waals surface area contributed by atoms with E-state index < -0.39 is 147 Å². The third-order valence-corrected chi connectivity index (χ3v) is 12.0. The topological polar surface area (TPSA) is 320 Å². The number of rotatable bonds is 3. The Morgan fingerprint density at radius 1 is 0.662 bits per heavy atom. The number of hydrogen-bond acceptors (Lipinski definition) is 17. The molecule has 2 saturated heterocycles. The van der Waals surface area contributed by atoms with E-state index in [1.807, 2.05) is 19.1 Å². The Kier molecular flexibility index (Phi) is 23.6. The van der Waals surface area contributed by atoms with Crippen LogP contribution in [-0.4, -0.2) is 166 Å². The summed E-state index contributed by atoms with van der Waals surface area (Å²) >= 11 is 0. The van der Waals surface area contributed by atoms with Gasteiger partial charge in [-0.1, -0.05) is 98.9 Å². The van der Waals surface area contributed by atoms with Gasteiger partial charge >= 0.3 is 11.9 Å². The first-order valence-corrected chi connectivity index (χ1v) is 22.3. The molecule has 3 aliphatic rings. The zero-order valence-corrected chi connectivity index (χ0v) is 37.6. The van der Waals surface area contributed by atoms with Crippen LogP contribution in [0.1, 0.15) is 79.1 Å². The SMILES string of the molecule is C[C@@H]1[C@H](O)[C@H](C)\C=C/C=C\C=C/C=C/C=C/C=C/C=C/[C@H](O[C@@H]2O[C@H](C)[C@H](O)[C@H](N)[C@@H]2O)C[C@H]2O[C@@](O)(C[C@H](O)C[C@H](O)[C@H](O)CC[C@H](O)C[C@H](O)CC(=O)O[C@@H]1C)C[C@H](O)[C@@H]2C(=O)O.